The molecule has 0 amide bonds. The van der Waals surface area contributed by atoms with Crippen LogP contribution in [0, 0.1) is 5.82 Å². The van der Waals surface area contributed by atoms with Gasteiger partial charge < -0.3 is 9.47 Å². The van der Waals surface area contributed by atoms with Crippen molar-refractivity contribution in [2.75, 3.05) is 7.11 Å². The van der Waals surface area contributed by atoms with E-state index in [0.29, 0.717) is 0 Å². The van der Waals surface area contributed by atoms with Gasteiger partial charge in [-0.25, -0.2) is 14.2 Å². The second-order valence-corrected chi connectivity index (χ2v) is 3.51. The second kappa shape index (κ2) is 5.51. The molecule has 0 aromatic carbocycles. The van der Waals surface area contributed by atoms with Crippen molar-refractivity contribution in [1.29, 1.82) is 0 Å². The maximum atomic E-state index is 13.7. The summed E-state index contributed by atoms with van der Waals surface area (Å²) in [5.74, 6) is -3.81. The molecule has 0 fully saturated rings. The molecule has 0 N–H and O–H groups in total. The highest BCUT2D eigenvalue weighted by molar-refractivity contribution is 9.08. The van der Waals surface area contributed by atoms with Crippen LogP contribution in [0.4, 0.5) is 17.6 Å². The van der Waals surface area contributed by atoms with Crippen molar-refractivity contribution >= 4 is 21.9 Å². The van der Waals surface area contributed by atoms with Crippen LogP contribution in [0.2, 0.25) is 0 Å². The highest BCUT2D eigenvalue weighted by Gasteiger charge is 2.35. The highest BCUT2D eigenvalue weighted by Crippen LogP contribution is 2.31. The van der Waals surface area contributed by atoms with E-state index in [4.69, 9.17) is 0 Å². The Labute approximate surface area is 107 Å². The molecule has 0 saturated carbocycles. The predicted molar refractivity (Wildman–Crippen MR) is 54.8 cm³/mol. The van der Waals surface area contributed by atoms with Crippen molar-refractivity contribution in [3.63, 3.8) is 0 Å². The third-order valence-corrected chi connectivity index (χ3v) is 2.39. The number of carbonyl (C=O) groups excluding carboxylic acids is 1. The Kier molecular flexibility index (Phi) is 4.49. The molecule has 0 unspecified atom stereocenters. The normalized spacial score (nSPS) is 11.2. The minimum atomic E-state index is -5.08. The standard InChI is InChI=1S/C9H6BrF4NO3/c1-17-8(16)6-5(11)7(18-9(12,13)14)4(2-10)3-15-6/h3H,2H2,1H3. The largest absolute Gasteiger partial charge is 0.573 e. The lowest BCUT2D eigenvalue weighted by Crippen LogP contribution is -2.20. The maximum Gasteiger partial charge on any atom is 0.573 e. The lowest BCUT2D eigenvalue weighted by molar-refractivity contribution is -0.275. The van der Waals surface area contributed by atoms with Crippen LogP contribution in [-0.2, 0) is 10.1 Å². The first-order chi connectivity index (χ1) is 8.30. The monoisotopic (exact) mass is 331 g/mol. The Balaban J connectivity index is 3.31. The summed E-state index contributed by atoms with van der Waals surface area (Å²) in [5.41, 5.74) is -1.06. The van der Waals surface area contributed by atoms with Crippen molar-refractivity contribution in [3.8, 4) is 5.75 Å². The molecule has 1 aromatic heterocycles. The summed E-state index contributed by atoms with van der Waals surface area (Å²) in [6, 6.07) is 0. The number of rotatable bonds is 3. The Bertz CT molecular complexity index is 464. The van der Waals surface area contributed by atoms with Gasteiger partial charge in [0.15, 0.2) is 17.3 Å². The molecule has 0 bridgehead atoms. The van der Waals surface area contributed by atoms with Crippen molar-refractivity contribution in [2.24, 2.45) is 0 Å². The number of aromatic nitrogens is 1. The topological polar surface area (TPSA) is 48.4 Å². The first-order valence-corrected chi connectivity index (χ1v) is 5.49. The fraction of sp³-hybridized carbons (Fsp3) is 0.333. The number of alkyl halides is 4. The molecule has 0 atom stereocenters. The van der Waals surface area contributed by atoms with E-state index in [1.165, 1.54) is 0 Å². The second-order valence-electron chi connectivity index (χ2n) is 2.95. The number of nitrogens with zero attached hydrogens (tertiary/aromatic N) is 1. The van der Waals surface area contributed by atoms with Crippen LogP contribution in [0.5, 0.6) is 5.75 Å². The van der Waals surface area contributed by atoms with E-state index in [1.807, 2.05) is 0 Å². The number of ether oxygens (including phenoxy) is 2. The van der Waals surface area contributed by atoms with Crippen LogP contribution >= 0.6 is 15.9 Å². The molecular weight excluding hydrogens is 326 g/mol. The quantitative estimate of drug-likeness (QED) is 0.485. The van der Waals surface area contributed by atoms with Crippen LogP contribution in [0.3, 0.4) is 0 Å². The van der Waals surface area contributed by atoms with Gasteiger partial charge >= 0.3 is 12.3 Å². The van der Waals surface area contributed by atoms with Gasteiger partial charge in [-0.3, -0.25) is 0 Å². The zero-order valence-electron chi connectivity index (χ0n) is 8.85. The van der Waals surface area contributed by atoms with Crippen molar-refractivity contribution in [2.45, 2.75) is 11.7 Å². The fourth-order valence-electron chi connectivity index (χ4n) is 1.07. The molecule has 0 saturated heterocycles. The minimum absolute atomic E-state index is 0.121. The van der Waals surface area contributed by atoms with Crippen LogP contribution in [0.1, 0.15) is 16.1 Å². The third-order valence-electron chi connectivity index (χ3n) is 1.79. The number of halogens is 5. The SMILES string of the molecule is COC(=O)c1ncc(CBr)c(OC(F)(F)F)c1F. The predicted octanol–water partition coefficient (Wildman–Crippen LogP) is 2.80. The lowest BCUT2D eigenvalue weighted by Gasteiger charge is -2.13. The summed E-state index contributed by atoms with van der Waals surface area (Å²) >= 11 is 2.86. The van der Waals surface area contributed by atoms with Gasteiger partial charge in [-0.15, -0.1) is 13.2 Å². The van der Waals surface area contributed by atoms with Gasteiger partial charge in [-0.2, -0.15) is 0 Å². The summed E-state index contributed by atoms with van der Waals surface area (Å²) in [6.07, 6.45) is -4.18. The van der Waals surface area contributed by atoms with Crippen molar-refractivity contribution in [1.82, 2.24) is 4.98 Å². The zero-order valence-corrected chi connectivity index (χ0v) is 10.4. The van der Waals surface area contributed by atoms with Gasteiger partial charge in [0.05, 0.1) is 7.11 Å². The molecule has 1 aromatic rings. The van der Waals surface area contributed by atoms with Gasteiger partial charge in [0.25, 0.3) is 0 Å². The van der Waals surface area contributed by atoms with Gasteiger partial charge in [0.1, 0.15) is 0 Å². The molecule has 0 aliphatic carbocycles. The van der Waals surface area contributed by atoms with Crippen LogP contribution in [-0.4, -0.2) is 24.4 Å². The van der Waals surface area contributed by atoms with E-state index in [1.54, 1.807) is 0 Å². The summed E-state index contributed by atoms with van der Waals surface area (Å²) in [6.45, 7) is 0. The van der Waals surface area contributed by atoms with Gasteiger partial charge in [0, 0.05) is 17.1 Å². The molecule has 1 heterocycles. The van der Waals surface area contributed by atoms with Crippen LogP contribution in [0.25, 0.3) is 0 Å². The van der Waals surface area contributed by atoms with Crippen LogP contribution in [0.15, 0.2) is 6.20 Å². The smallest absolute Gasteiger partial charge is 0.464 e. The van der Waals surface area contributed by atoms with E-state index in [0.717, 1.165) is 13.3 Å². The molecule has 100 valence electrons. The van der Waals surface area contributed by atoms with E-state index in [9.17, 15) is 22.4 Å². The number of hydrogen-bond donors (Lipinski definition) is 0. The first-order valence-electron chi connectivity index (χ1n) is 4.37. The summed E-state index contributed by atoms with van der Waals surface area (Å²) in [7, 11) is 0.951. The molecule has 0 aliphatic rings. The van der Waals surface area contributed by atoms with Crippen molar-refractivity contribution in [3.05, 3.63) is 23.3 Å². The number of esters is 1. The van der Waals surface area contributed by atoms with E-state index in [-0.39, 0.29) is 10.9 Å². The number of pyridine rings is 1. The number of hydrogen-bond acceptors (Lipinski definition) is 4. The van der Waals surface area contributed by atoms with Gasteiger partial charge in [0.2, 0.25) is 0 Å². The molecule has 18 heavy (non-hydrogen) atoms. The Hall–Kier alpha value is -1.38. The Morgan fingerprint density at radius 3 is 2.56 bits per heavy atom. The maximum absolute atomic E-state index is 13.7. The summed E-state index contributed by atoms with van der Waals surface area (Å²) in [4.78, 5) is 14.5. The molecule has 0 aliphatic heterocycles. The molecular formula is C9H6BrF4NO3. The van der Waals surface area contributed by atoms with E-state index in [2.05, 4.69) is 30.4 Å². The molecule has 4 nitrogen and oxygen atoms in total. The molecule has 0 spiro atoms. The third kappa shape index (κ3) is 3.31. The lowest BCUT2D eigenvalue weighted by atomic mass is 10.2. The fourth-order valence-corrected chi connectivity index (χ4v) is 1.47. The summed E-state index contributed by atoms with van der Waals surface area (Å²) in [5, 5.41) is -0.121. The first kappa shape index (κ1) is 14.7. The molecule has 0 radical (unpaired) electrons. The van der Waals surface area contributed by atoms with E-state index >= 15 is 0 Å². The molecule has 1 rings (SSSR count). The highest BCUT2D eigenvalue weighted by atomic mass is 79.9. The van der Waals surface area contributed by atoms with Crippen LogP contribution < -0.4 is 4.74 Å². The Morgan fingerprint density at radius 1 is 1.50 bits per heavy atom. The average Bonchev–Trinajstić information content (AvgIpc) is 2.29. The number of methoxy groups -OCH3 is 1. The van der Waals surface area contributed by atoms with E-state index < -0.39 is 29.6 Å². The van der Waals surface area contributed by atoms with Gasteiger partial charge in [-0.1, -0.05) is 15.9 Å². The summed E-state index contributed by atoms with van der Waals surface area (Å²) < 4.78 is 57.7. The Morgan fingerprint density at radius 2 is 2.11 bits per heavy atom. The zero-order chi connectivity index (χ0) is 13.9. The van der Waals surface area contributed by atoms with Crippen molar-refractivity contribution < 1.29 is 31.8 Å². The average molecular weight is 332 g/mol. The minimum Gasteiger partial charge on any atom is -0.464 e. The molecule has 9 heteroatoms. The van der Waals surface area contributed by atoms with Gasteiger partial charge in [-0.05, 0) is 0 Å². The number of carbonyl (C=O) groups is 1.